The molecule has 1 atom stereocenters. The van der Waals surface area contributed by atoms with Crippen molar-refractivity contribution in [1.82, 2.24) is 15.0 Å². The summed E-state index contributed by atoms with van der Waals surface area (Å²) in [6.07, 6.45) is 2.20. The molecule has 1 aliphatic rings. The molecule has 0 radical (unpaired) electrons. The second-order valence-corrected chi connectivity index (χ2v) is 7.58. The SMILES string of the molecule is COCOc1cccc(-c2nc(N3CCOCC3)c3ncc(C(CO)CCO)cc3n2)c1. The van der Waals surface area contributed by atoms with E-state index < -0.39 is 0 Å². The predicted octanol–water partition coefficient (Wildman–Crippen LogP) is 1.97. The van der Waals surface area contributed by atoms with Gasteiger partial charge in [-0.15, -0.1) is 0 Å². The van der Waals surface area contributed by atoms with Gasteiger partial charge in [-0.3, -0.25) is 4.98 Å². The quantitative estimate of drug-likeness (QED) is 0.483. The molecule has 3 aromatic rings. The Morgan fingerprint density at radius 2 is 2.00 bits per heavy atom. The average Bonchev–Trinajstić information content (AvgIpc) is 2.85. The first-order valence-corrected chi connectivity index (χ1v) is 10.7. The molecular formula is C23H28N4O5. The molecule has 170 valence electrons. The fourth-order valence-electron chi connectivity index (χ4n) is 3.74. The molecule has 1 fully saturated rings. The highest BCUT2D eigenvalue weighted by atomic mass is 16.7. The van der Waals surface area contributed by atoms with Crippen LogP contribution in [-0.2, 0) is 9.47 Å². The van der Waals surface area contributed by atoms with Gasteiger partial charge in [0.05, 0.1) is 25.3 Å². The Morgan fingerprint density at radius 3 is 2.75 bits per heavy atom. The lowest BCUT2D eigenvalue weighted by Crippen LogP contribution is -2.37. The van der Waals surface area contributed by atoms with Gasteiger partial charge in [-0.25, -0.2) is 9.97 Å². The summed E-state index contributed by atoms with van der Waals surface area (Å²) in [7, 11) is 1.58. The molecule has 0 saturated carbocycles. The lowest BCUT2D eigenvalue weighted by Gasteiger charge is -2.28. The summed E-state index contributed by atoms with van der Waals surface area (Å²) in [4.78, 5) is 16.5. The zero-order chi connectivity index (χ0) is 22.3. The van der Waals surface area contributed by atoms with Crippen LogP contribution in [0.2, 0.25) is 0 Å². The van der Waals surface area contributed by atoms with E-state index >= 15 is 0 Å². The van der Waals surface area contributed by atoms with Gasteiger partial charge in [-0.05, 0) is 30.2 Å². The summed E-state index contributed by atoms with van der Waals surface area (Å²) in [6, 6.07) is 9.48. The van der Waals surface area contributed by atoms with Gasteiger partial charge in [-0.1, -0.05) is 12.1 Å². The predicted molar refractivity (Wildman–Crippen MR) is 120 cm³/mol. The normalized spacial score (nSPS) is 15.2. The summed E-state index contributed by atoms with van der Waals surface area (Å²) < 4.78 is 16.1. The van der Waals surface area contributed by atoms with Crippen molar-refractivity contribution < 1.29 is 24.4 Å². The Balaban J connectivity index is 1.81. The molecular weight excluding hydrogens is 412 g/mol. The molecule has 3 heterocycles. The molecule has 0 spiro atoms. The number of hydrogen-bond donors (Lipinski definition) is 2. The van der Waals surface area contributed by atoms with Crippen molar-refractivity contribution in [2.45, 2.75) is 12.3 Å². The first-order valence-electron chi connectivity index (χ1n) is 10.7. The maximum Gasteiger partial charge on any atom is 0.188 e. The summed E-state index contributed by atoms with van der Waals surface area (Å²) in [5.74, 6) is 1.78. The van der Waals surface area contributed by atoms with Crippen molar-refractivity contribution in [3.8, 4) is 17.1 Å². The first-order chi connectivity index (χ1) is 15.7. The van der Waals surface area contributed by atoms with Crippen molar-refractivity contribution in [3.63, 3.8) is 0 Å². The maximum atomic E-state index is 9.76. The average molecular weight is 441 g/mol. The number of anilines is 1. The van der Waals surface area contributed by atoms with Gasteiger partial charge in [0.1, 0.15) is 11.3 Å². The van der Waals surface area contributed by atoms with Crippen LogP contribution < -0.4 is 9.64 Å². The van der Waals surface area contributed by atoms with E-state index in [-0.39, 0.29) is 25.9 Å². The van der Waals surface area contributed by atoms with Gasteiger partial charge in [-0.2, -0.15) is 0 Å². The van der Waals surface area contributed by atoms with Crippen LogP contribution >= 0.6 is 0 Å². The third kappa shape index (κ3) is 4.97. The second-order valence-electron chi connectivity index (χ2n) is 7.58. The molecule has 32 heavy (non-hydrogen) atoms. The smallest absolute Gasteiger partial charge is 0.188 e. The molecule has 2 aromatic heterocycles. The number of pyridine rings is 1. The van der Waals surface area contributed by atoms with E-state index in [2.05, 4.69) is 9.88 Å². The monoisotopic (exact) mass is 440 g/mol. The van der Waals surface area contributed by atoms with E-state index in [1.807, 2.05) is 30.3 Å². The first kappa shape index (κ1) is 22.3. The number of benzene rings is 1. The van der Waals surface area contributed by atoms with Crippen LogP contribution in [0.4, 0.5) is 5.82 Å². The van der Waals surface area contributed by atoms with Crippen molar-refractivity contribution in [1.29, 1.82) is 0 Å². The van der Waals surface area contributed by atoms with E-state index in [4.69, 9.17) is 24.2 Å². The van der Waals surface area contributed by atoms with Crippen molar-refractivity contribution >= 4 is 16.9 Å². The van der Waals surface area contributed by atoms with Crippen LogP contribution in [0.1, 0.15) is 17.9 Å². The van der Waals surface area contributed by atoms with E-state index in [9.17, 15) is 10.2 Å². The summed E-state index contributed by atoms with van der Waals surface area (Å²) in [5, 5.41) is 19.1. The van der Waals surface area contributed by atoms with Crippen LogP contribution in [-0.4, -0.2) is 78.6 Å². The van der Waals surface area contributed by atoms with Gasteiger partial charge in [0, 0.05) is 44.5 Å². The lowest BCUT2D eigenvalue weighted by molar-refractivity contribution is 0.0511. The number of hydrogen-bond acceptors (Lipinski definition) is 9. The topological polar surface area (TPSA) is 110 Å². The molecule has 9 nitrogen and oxygen atoms in total. The van der Waals surface area contributed by atoms with Gasteiger partial charge in [0.25, 0.3) is 0 Å². The minimum Gasteiger partial charge on any atom is -0.468 e. The molecule has 1 unspecified atom stereocenters. The van der Waals surface area contributed by atoms with Gasteiger partial charge < -0.3 is 29.3 Å². The van der Waals surface area contributed by atoms with Gasteiger partial charge in [0.15, 0.2) is 18.4 Å². The molecule has 0 amide bonds. The van der Waals surface area contributed by atoms with Crippen LogP contribution in [0.15, 0.2) is 36.5 Å². The minimum atomic E-state index is -0.201. The molecule has 0 aliphatic carbocycles. The van der Waals surface area contributed by atoms with E-state index in [0.717, 1.165) is 30.0 Å². The van der Waals surface area contributed by atoms with Gasteiger partial charge >= 0.3 is 0 Å². The number of ether oxygens (including phenoxy) is 3. The van der Waals surface area contributed by atoms with Crippen LogP contribution in [0.5, 0.6) is 5.75 Å². The Bertz CT molecular complexity index is 1040. The summed E-state index contributed by atoms with van der Waals surface area (Å²) in [5.41, 5.74) is 3.04. The van der Waals surface area contributed by atoms with Crippen molar-refractivity contribution in [2.24, 2.45) is 0 Å². The molecule has 0 bridgehead atoms. The molecule has 1 saturated heterocycles. The highest BCUT2D eigenvalue weighted by Gasteiger charge is 2.21. The van der Waals surface area contributed by atoms with Crippen LogP contribution in [0.25, 0.3) is 22.4 Å². The van der Waals surface area contributed by atoms with E-state index in [1.165, 1.54) is 0 Å². The zero-order valence-electron chi connectivity index (χ0n) is 18.1. The molecule has 2 N–H and O–H groups in total. The van der Waals surface area contributed by atoms with Crippen LogP contribution in [0.3, 0.4) is 0 Å². The molecule has 1 aliphatic heterocycles. The fourth-order valence-corrected chi connectivity index (χ4v) is 3.74. The largest absolute Gasteiger partial charge is 0.468 e. The Hall–Kier alpha value is -2.85. The highest BCUT2D eigenvalue weighted by Crippen LogP contribution is 2.30. The van der Waals surface area contributed by atoms with E-state index in [0.29, 0.717) is 42.2 Å². The third-order valence-corrected chi connectivity index (χ3v) is 5.45. The number of aliphatic hydroxyl groups excluding tert-OH is 2. The fraction of sp³-hybridized carbons (Fsp3) is 0.435. The number of morpholine rings is 1. The number of aliphatic hydroxyl groups is 2. The van der Waals surface area contributed by atoms with Crippen molar-refractivity contribution in [3.05, 3.63) is 42.1 Å². The molecule has 4 rings (SSSR count). The van der Waals surface area contributed by atoms with Crippen LogP contribution in [0, 0.1) is 0 Å². The standard InChI is InChI=1S/C23H28N4O5/c1-30-15-32-19-4-2-3-16(11-19)22-25-20-12-18(17(14-29)5-8-28)13-24-21(20)23(26-22)27-6-9-31-10-7-27/h2-4,11-13,17,28-29H,5-10,14-15H2,1H3. The highest BCUT2D eigenvalue weighted by molar-refractivity contribution is 5.88. The molecule has 1 aromatic carbocycles. The second kappa shape index (κ2) is 10.6. The number of fused-ring (bicyclic) bond motifs is 1. The Labute approximate surface area is 186 Å². The number of methoxy groups -OCH3 is 1. The number of nitrogens with zero attached hydrogens (tertiary/aromatic N) is 4. The lowest BCUT2D eigenvalue weighted by atomic mass is 9.98. The van der Waals surface area contributed by atoms with Crippen molar-refractivity contribution in [2.75, 3.05) is 58.3 Å². The molecule has 9 heteroatoms. The Morgan fingerprint density at radius 1 is 1.16 bits per heavy atom. The van der Waals surface area contributed by atoms with E-state index in [1.54, 1.807) is 13.3 Å². The number of aromatic nitrogens is 3. The Kier molecular flexibility index (Phi) is 7.43. The number of rotatable bonds is 9. The summed E-state index contributed by atoms with van der Waals surface area (Å²) >= 11 is 0. The minimum absolute atomic E-state index is 0.00835. The zero-order valence-corrected chi connectivity index (χ0v) is 18.1. The third-order valence-electron chi connectivity index (χ3n) is 5.45. The maximum absolute atomic E-state index is 9.76. The summed E-state index contributed by atoms with van der Waals surface area (Å²) in [6.45, 7) is 2.77. The van der Waals surface area contributed by atoms with Gasteiger partial charge in [0.2, 0.25) is 0 Å².